The van der Waals surface area contributed by atoms with Crippen LogP contribution in [-0.4, -0.2) is 56.0 Å². The zero-order valence-corrected chi connectivity index (χ0v) is 20.0. The van der Waals surface area contributed by atoms with Crippen LogP contribution >= 0.6 is 0 Å². The summed E-state index contributed by atoms with van der Waals surface area (Å²) in [5.41, 5.74) is 1.70. The summed E-state index contributed by atoms with van der Waals surface area (Å²) in [6, 6.07) is 0. The van der Waals surface area contributed by atoms with Gasteiger partial charge in [-0.25, -0.2) is 0 Å². The molecule has 1 saturated heterocycles. The van der Waals surface area contributed by atoms with Gasteiger partial charge in [0, 0.05) is 33.5 Å². The van der Waals surface area contributed by atoms with Crippen molar-refractivity contribution in [1.29, 1.82) is 0 Å². The number of carbonyl (C=O) groups is 1. The maximum atomic E-state index is 10.9. The fourth-order valence-corrected chi connectivity index (χ4v) is 3.91. The highest BCUT2D eigenvalue weighted by Gasteiger charge is 2.38. The number of carbonyl (C=O) groups excluding carboxylic acids is 1. The van der Waals surface area contributed by atoms with Gasteiger partial charge in [-0.3, -0.25) is 4.79 Å². The normalized spacial score (nSPS) is 24.9. The van der Waals surface area contributed by atoms with Crippen LogP contribution in [0.15, 0.2) is 23.3 Å². The Hall–Kier alpha value is -1.21. The Morgan fingerprint density at radius 1 is 1.33 bits per heavy atom. The molecule has 0 saturated carbocycles. The predicted molar refractivity (Wildman–Crippen MR) is 118 cm³/mol. The lowest BCUT2D eigenvalue weighted by molar-refractivity contribution is -0.236. The largest absolute Gasteiger partial charge is 0.462 e. The van der Waals surface area contributed by atoms with Crippen LogP contribution in [0.1, 0.15) is 73.1 Å². The van der Waals surface area contributed by atoms with Crippen LogP contribution in [0, 0.1) is 5.92 Å². The lowest BCUT2D eigenvalue weighted by Gasteiger charge is -2.37. The van der Waals surface area contributed by atoms with E-state index in [9.17, 15) is 9.90 Å². The van der Waals surface area contributed by atoms with Crippen LogP contribution < -0.4 is 0 Å². The SMILES string of the molecule is COC(CC=C(C)C)(OC)C(C)CCC[C@]1(C)OC/C(=C/COC(C)=O)CC[C@@H]1O. The van der Waals surface area contributed by atoms with Crippen LogP contribution in [0.2, 0.25) is 0 Å². The highest BCUT2D eigenvalue weighted by molar-refractivity contribution is 5.66. The molecule has 1 aliphatic heterocycles. The Balaban J connectivity index is 2.66. The maximum absolute atomic E-state index is 10.9. The first-order chi connectivity index (χ1) is 14.1. The molecule has 1 rings (SSSR count). The van der Waals surface area contributed by atoms with E-state index < -0.39 is 17.5 Å². The molecule has 6 heteroatoms. The van der Waals surface area contributed by atoms with E-state index in [1.807, 2.05) is 13.0 Å². The Morgan fingerprint density at radius 3 is 2.57 bits per heavy atom. The highest BCUT2D eigenvalue weighted by atomic mass is 16.7. The van der Waals surface area contributed by atoms with Crippen molar-refractivity contribution in [3.05, 3.63) is 23.3 Å². The Kier molecular flexibility index (Phi) is 11.3. The van der Waals surface area contributed by atoms with Gasteiger partial charge in [0.25, 0.3) is 0 Å². The summed E-state index contributed by atoms with van der Waals surface area (Å²) in [7, 11) is 3.39. The van der Waals surface area contributed by atoms with Gasteiger partial charge in [-0.15, -0.1) is 0 Å². The van der Waals surface area contributed by atoms with Crippen molar-refractivity contribution in [2.45, 2.75) is 90.6 Å². The third-order valence-corrected chi connectivity index (χ3v) is 6.24. The molecule has 3 atom stereocenters. The van der Waals surface area contributed by atoms with Crippen molar-refractivity contribution < 1.29 is 28.8 Å². The molecule has 1 aliphatic rings. The van der Waals surface area contributed by atoms with Crippen molar-refractivity contribution in [3.8, 4) is 0 Å². The van der Waals surface area contributed by atoms with Crippen molar-refractivity contribution in [2.24, 2.45) is 5.92 Å². The average Bonchev–Trinajstić information content (AvgIpc) is 2.82. The molecule has 0 aromatic rings. The number of aliphatic hydroxyl groups excluding tert-OH is 1. The Labute approximate surface area is 182 Å². The van der Waals surface area contributed by atoms with Gasteiger partial charge in [-0.1, -0.05) is 25.0 Å². The fourth-order valence-electron chi connectivity index (χ4n) is 3.91. The average molecular weight is 427 g/mol. The molecular weight excluding hydrogens is 384 g/mol. The van der Waals surface area contributed by atoms with Gasteiger partial charge in [0.1, 0.15) is 6.61 Å². The van der Waals surface area contributed by atoms with Crippen molar-refractivity contribution in [3.63, 3.8) is 0 Å². The number of ether oxygens (including phenoxy) is 4. The van der Waals surface area contributed by atoms with E-state index in [1.54, 1.807) is 14.2 Å². The maximum Gasteiger partial charge on any atom is 0.302 e. The summed E-state index contributed by atoms with van der Waals surface area (Å²) in [5.74, 6) is -0.754. The van der Waals surface area contributed by atoms with Crippen molar-refractivity contribution >= 4 is 5.97 Å². The summed E-state index contributed by atoms with van der Waals surface area (Å²) in [6.45, 7) is 10.4. The zero-order valence-electron chi connectivity index (χ0n) is 20.0. The zero-order chi connectivity index (χ0) is 22.8. The third-order valence-electron chi connectivity index (χ3n) is 6.24. The first-order valence-corrected chi connectivity index (χ1v) is 11.0. The first-order valence-electron chi connectivity index (χ1n) is 11.0. The lowest BCUT2D eigenvalue weighted by Crippen LogP contribution is -2.42. The molecule has 1 unspecified atom stereocenters. The van der Waals surface area contributed by atoms with Crippen LogP contribution in [0.25, 0.3) is 0 Å². The summed E-state index contributed by atoms with van der Waals surface area (Å²) in [4.78, 5) is 10.9. The summed E-state index contributed by atoms with van der Waals surface area (Å²) < 4.78 is 22.7. The number of rotatable bonds is 11. The monoisotopic (exact) mass is 426 g/mol. The molecule has 0 bridgehead atoms. The topological polar surface area (TPSA) is 74.2 Å². The second-order valence-corrected chi connectivity index (χ2v) is 8.82. The molecule has 0 aliphatic carbocycles. The second-order valence-electron chi connectivity index (χ2n) is 8.82. The van der Waals surface area contributed by atoms with E-state index in [4.69, 9.17) is 18.9 Å². The fraction of sp³-hybridized carbons (Fsp3) is 0.792. The quantitative estimate of drug-likeness (QED) is 0.297. The first kappa shape index (κ1) is 26.8. The molecule has 1 N–H and O–H groups in total. The number of hydrogen-bond donors (Lipinski definition) is 1. The number of esters is 1. The number of aliphatic hydroxyl groups is 1. The molecule has 1 heterocycles. The molecule has 0 spiro atoms. The van der Waals surface area contributed by atoms with Gasteiger partial charge in [0.2, 0.25) is 0 Å². The molecule has 0 aromatic carbocycles. The molecule has 0 amide bonds. The summed E-state index contributed by atoms with van der Waals surface area (Å²) >= 11 is 0. The van der Waals surface area contributed by atoms with E-state index in [0.29, 0.717) is 19.4 Å². The van der Waals surface area contributed by atoms with Crippen LogP contribution in [-0.2, 0) is 23.7 Å². The lowest BCUT2D eigenvalue weighted by atomic mass is 9.85. The minimum Gasteiger partial charge on any atom is -0.462 e. The summed E-state index contributed by atoms with van der Waals surface area (Å²) in [6.07, 6.45) is 8.13. The van der Waals surface area contributed by atoms with Crippen LogP contribution in [0.5, 0.6) is 0 Å². The van der Waals surface area contributed by atoms with E-state index in [2.05, 4.69) is 26.8 Å². The van der Waals surface area contributed by atoms with Crippen LogP contribution in [0.4, 0.5) is 0 Å². The van der Waals surface area contributed by atoms with E-state index in [1.165, 1.54) is 12.5 Å². The van der Waals surface area contributed by atoms with E-state index in [-0.39, 0.29) is 18.5 Å². The van der Waals surface area contributed by atoms with Crippen molar-refractivity contribution in [2.75, 3.05) is 27.4 Å². The van der Waals surface area contributed by atoms with E-state index >= 15 is 0 Å². The molecule has 6 nitrogen and oxygen atoms in total. The third kappa shape index (κ3) is 8.14. The number of methoxy groups -OCH3 is 2. The van der Waals surface area contributed by atoms with Crippen molar-refractivity contribution in [1.82, 2.24) is 0 Å². The molecule has 30 heavy (non-hydrogen) atoms. The predicted octanol–water partition coefficient (Wildman–Crippen LogP) is 4.56. The Morgan fingerprint density at radius 2 is 2.00 bits per heavy atom. The summed E-state index contributed by atoms with van der Waals surface area (Å²) in [5, 5.41) is 10.7. The number of allylic oxidation sites excluding steroid dienone is 1. The minimum atomic E-state index is -0.645. The van der Waals surface area contributed by atoms with Gasteiger partial charge in [0.15, 0.2) is 5.79 Å². The van der Waals surface area contributed by atoms with Gasteiger partial charge in [0.05, 0.1) is 18.3 Å². The Bertz CT molecular complexity index is 589. The second kappa shape index (κ2) is 12.6. The molecule has 0 radical (unpaired) electrons. The van der Waals surface area contributed by atoms with Gasteiger partial charge in [-0.05, 0) is 58.1 Å². The van der Waals surface area contributed by atoms with Gasteiger partial charge >= 0.3 is 5.97 Å². The molecule has 1 fully saturated rings. The smallest absolute Gasteiger partial charge is 0.302 e. The van der Waals surface area contributed by atoms with Gasteiger partial charge in [-0.2, -0.15) is 0 Å². The van der Waals surface area contributed by atoms with Gasteiger partial charge < -0.3 is 24.1 Å². The minimum absolute atomic E-state index is 0.189. The molecule has 0 aromatic heterocycles. The van der Waals surface area contributed by atoms with Crippen LogP contribution in [0.3, 0.4) is 0 Å². The standard InChI is InChI=1S/C24H42O6/c1-18(2)12-15-24(27-6,28-7)19(3)9-8-14-23(5)22(26)11-10-21(17-30-23)13-16-29-20(4)25/h12-13,19,22,26H,8-11,14-17H2,1-7H3/b21-13+/t19?,22-,23-/m0/s1. The molecular formula is C24H42O6. The number of hydrogen-bond acceptors (Lipinski definition) is 6. The molecule has 174 valence electrons. The van der Waals surface area contributed by atoms with E-state index in [0.717, 1.165) is 31.3 Å². The highest BCUT2D eigenvalue weighted by Crippen LogP contribution is 2.35.